The van der Waals surface area contributed by atoms with Gasteiger partial charge in [-0.3, -0.25) is 19.2 Å². The number of hydrogen-bond donors (Lipinski definition) is 1. The quantitative estimate of drug-likeness (QED) is 0.190. The molecule has 0 bridgehead atoms. The lowest BCUT2D eigenvalue weighted by Crippen LogP contribution is -2.38. The first kappa shape index (κ1) is 31.0. The lowest BCUT2D eigenvalue weighted by atomic mass is 10.1. The van der Waals surface area contributed by atoms with E-state index in [4.69, 9.17) is 30.5 Å². The number of halogens is 1. The molecule has 0 saturated heterocycles. The second-order valence-electron chi connectivity index (χ2n) is 8.33. The van der Waals surface area contributed by atoms with Crippen LogP contribution in [-0.2, 0) is 19.6 Å². The minimum absolute atomic E-state index is 0.0498. The number of sulfonamides is 1. The number of ether oxygens (including phenoxy) is 4. The van der Waals surface area contributed by atoms with E-state index in [1.807, 2.05) is 0 Å². The molecule has 0 spiro atoms. The highest BCUT2D eigenvalue weighted by molar-refractivity contribution is 7.92. The van der Waals surface area contributed by atoms with Crippen molar-refractivity contribution in [2.75, 3.05) is 44.6 Å². The molecule has 0 aliphatic rings. The fraction of sp³-hybridized carbons (Fsp3) is 0.231. The molecule has 3 aromatic carbocycles. The minimum atomic E-state index is -4.63. The van der Waals surface area contributed by atoms with Crippen LogP contribution in [0.3, 0.4) is 0 Å². The molecular formula is C26H26ClN3O10S. The number of nitro benzene ring substituents is 1. The van der Waals surface area contributed by atoms with Gasteiger partial charge in [-0.05, 0) is 31.2 Å². The lowest BCUT2D eigenvalue weighted by molar-refractivity contribution is -0.385. The lowest BCUT2D eigenvalue weighted by Gasteiger charge is -2.26. The van der Waals surface area contributed by atoms with Gasteiger partial charge in [0.25, 0.3) is 15.7 Å². The number of benzene rings is 3. The third-order valence-corrected chi connectivity index (χ3v) is 7.86. The second kappa shape index (κ2) is 12.7. The van der Waals surface area contributed by atoms with E-state index in [0.717, 1.165) is 13.2 Å². The van der Waals surface area contributed by atoms with Gasteiger partial charge in [0.15, 0.2) is 11.5 Å². The molecule has 3 aromatic rings. The number of esters is 1. The summed E-state index contributed by atoms with van der Waals surface area (Å²) >= 11 is 6.16. The van der Waals surface area contributed by atoms with Gasteiger partial charge in [0.2, 0.25) is 5.91 Å². The van der Waals surface area contributed by atoms with E-state index >= 15 is 0 Å². The molecule has 1 amide bonds. The summed E-state index contributed by atoms with van der Waals surface area (Å²) in [7, 11) is 0.515. The van der Waals surface area contributed by atoms with Crippen LogP contribution in [-0.4, -0.2) is 60.2 Å². The van der Waals surface area contributed by atoms with Gasteiger partial charge in [-0.2, -0.15) is 0 Å². The Hall–Kier alpha value is -4.56. The van der Waals surface area contributed by atoms with Crippen LogP contribution in [0.1, 0.15) is 15.9 Å². The topological polar surface area (TPSA) is 164 Å². The Morgan fingerprint density at radius 2 is 1.59 bits per heavy atom. The normalized spacial score (nSPS) is 10.9. The number of carbonyl (C=O) groups excluding carboxylic acids is 2. The predicted octanol–water partition coefficient (Wildman–Crippen LogP) is 4.20. The summed E-state index contributed by atoms with van der Waals surface area (Å²) in [6, 6.07) is 10.1. The molecule has 0 fully saturated rings. The molecule has 15 heteroatoms. The molecule has 0 saturated carbocycles. The first-order chi connectivity index (χ1) is 19.4. The van der Waals surface area contributed by atoms with Gasteiger partial charge in [-0.1, -0.05) is 17.7 Å². The van der Waals surface area contributed by atoms with Crippen LogP contribution in [0.25, 0.3) is 0 Å². The minimum Gasteiger partial charge on any atom is -0.495 e. The predicted molar refractivity (Wildman–Crippen MR) is 150 cm³/mol. The van der Waals surface area contributed by atoms with E-state index in [9.17, 15) is 28.1 Å². The maximum Gasteiger partial charge on any atom is 0.340 e. The van der Waals surface area contributed by atoms with Crippen molar-refractivity contribution in [1.29, 1.82) is 0 Å². The smallest absolute Gasteiger partial charge is 0.340 e. The average molecular weight is 608 g/mol. The molecule has 41 heavy (non-hydrogen) atoms. The number of methoxy groups -OCH3 is 4. The zero-order chi connectivity index (χ0) is 30.5. The highest BCUT2D eigenvalue weighted by Gasteiger charge is 2.32. The molecule has 0 aliphatic heterocycles. The fourth-order valence-electron chi connectivity index (χ4n) is 3.81. The van der Waals surface area contributed by atoms with Crippen LogP contribution in [0.2, 0.25) is 5.02 Å². The number of amides is 1. The standard InChI is InChI=1S/C26H26ClN3O10S/c1-15-6-8-17(11-20(15)30(33)34)41(35,36)29(21-10-16(27)7-9-22(21)37-2)14-25(31)28-19-13-24(39-4)23(38-3)12-18(19)26(32)40-5/h6-13H,14H2,1-5H3,(H,28,31). The van der Waals surface area contributed by atoms with E-state index in [0.29, 0.717) is 4.31 Å². The molecule has 3 rings (SSSR count). The zero-order valence-electron chi connectivity index (χ0n) is 22.6. The number of aryl methyl sites for hydroxylation is 1. The molecule has 0 heterocycles. The van der Waals surface area contributed by atoms with Crippen LogP contribution < -0.4 is 23.8 Å². The van der Waals surface area contributed by atoms with Crippen molar-refractivity contribution in [3.05, 3.63) is 74.8 Å². The maximum absolute atomic E-state index is 13.9. The van der Waals surface area contributed by atoms with Crippen molar-refractivity contribution in [3.63, 3.8) is 0 Å². The summed E-state index contributed by atoms with van der Waals surface area (Å²) in [6.07, 6.45) is 0. The Balaban J connectivity index is 2.14. The molecule has 0 unspecified atom stereocenters. The number of hydrogen-bond acceptors (Lipinski definition) is 10. The maximum atomic E-state index is 13.9. The first-order valence-electron chi connectivity index (χ1n) is 11.6. The Morgan fingerprint density at radius 1 is 0.951 bits per heavy atom. The van der Waals surface area contributed by atoms with Gasteiger partial charge in [0, 0.05) is 28.8 Å². The average Bonchev–Trinajstić information content (AvgIpc) is 2.95. The van der Waals surface area contributed by atoms with Gasteiger partial charge < -0.3 is 24.3 Å². The van der Waals surface area contributed by atoms with Crippen LogP contribution in [0, 0.1) is 17.0 Å². The number of anilines is 2. The van der Waals surface area contributed by atoms with Crippen LogP contribution in [0.15, 0.2) is 53.4 Å². The molecule has 0 aliphatic carbocycles. The molecule has 218 valence electrons. The summed E-state index contributed by atoms with van der Waals surface area (Å²) in [5.74, 6) is -1.30. The monoisotopic (exact) mass is 607 g/mol. The van der Waals surface area contributed by atoms with Crippen molar-refractivity contribution < 1.29 is 41.9 Å². The second-order valence-corrected chi connectivity index (χ2v) is 10.6. The van der Waals surface area contributed by atoms with E-state index in [-0.39, 0.29) is 44.8 Å². The first-order valence-corrected chi connectivity index (χ1v) is 13.4. The number of nitrogens with one attached hydrogen (secondary N) is 1. The summed E-state index contributed by atoms with van der Waals surface area (Å²) in [5.41, 5.74) is -0.453. The van der Waals surface area contributed by atoms with E-state index in [2.05, 4.69) is 5.32 Å². The van der Waals surface area contributed by atoms with Crippen LogP contribution in [0.4, 0.5) is 17.1 Å². The molecule has 0 aromatic heterocycles. The van der Waals surface area contributed by atoms with Gasteiger partial charge in [0.05, 0.1) is 55.2 Å². The number of nitrogens with zero attached hydrogens (tertiary/aromatic N) is 2. The molecular weight excluding hydrogens is 582 g/mol. The highest BCUT2D eigenvalue weighted by atomic mass is 35.5. The zero-order valence-corrected chi connectivity index (χ0v) is 24.2. The number of carbonyl (C=O) groups is 2. The van der Waals surface area contributed by atoms with E-state index in [1.165, 1.54) is 70.7 Å². The van der Waals surface area contributed by atoms with Crippen molar-refractivity contribution in [2.24, 2.45) is 0 Å². The Bertz CT molecular complexity index is 1610. The van der Waals surface area contributed by atoms with Gasteiger partial charge in [-0.15, -0.1) is 0 Å². The molecule has 0 atom stereocenters. The summed E-state index contributed by atoms with van der Waals surface area (Å²) in [6.45, 7) is 0.609. The number of rotatable bonds is 11. The van der Waals surface area contributed by atoms with E-state index in [1.54, 1.807) is 0 Å². The molecule has 1 N–H and O–H groups in total. The summed E-state index contributed by atoms with van der Waals surface area (Å²) in [5, 5.41) is 14.1. The van der Waals surface area contributed by atoms with Crippen LogP contribution >= 0.6 is 11.6 Å². The third kappa shape index (κ3) is 6.61. The van der Waals surface area contributed by atoms with Crippen molar-refractivity contribution in [2.45, 2.75) is 11.8 Å². The summed E-state index contributed by atoms with van der Waals surface area (Å²) < 4.78 is 49.1. The van der Waals surface area contributed by atoms with Crippen molar-refractivity contribution in [3.8, 4) is 17.2 Å². The van der Waals surface area contributed by atoms with Crippen molar-refractivity contribution >= 4 is 50.6 Å². The van der Waals surface area contributed by atoms with Gasteiger partial charge in [-0.25, -0.2) is 13.2 Å². The molecule has 13 nitrogen and oxygen atoms in total. The summed E-state index contributed by atoms with van der Waals surface area (Å²) in [4.78, 5) is 36.2. The largest absolute Gasteiger partial charge is 0.495 e. The number of nitro groups is 1. The van der Waals surface area contributed by atoms with E-state index < -0.39 is 44.0 Å². The fourth-order valence-corrected chi connectivity index (χ4v) is 5.42. The van der Waals surface area contributed by atoms with Crippen molar-refractivity contribution in [1.82, 2.24) is 0 Å². The molecule has 0 radical (unpaired) electrons. The SMILES string of the molecule is COC(=O)c1cc(OC)c(OC)cc1NC(=O)CN(c1cc(Cl)ccc1OC)S(=O)(=O)c1ccc(C)c([N+](=O)[O-])c1. The van der Waals surface area contributed by atoms with Crippen LogP contribution in [0.5, 0.6) is 17.2 Å². The highest BCUT2D eigenvalue weighted by Crippen LogP contribution is 2.37. The Labute approximate surface area is 240 Å². The van der Waals surface area contributed by atoms with Gasteiger partial charge >= 0.3 is 5.97 Å². The Kier molecular flexibility index (Phi) is 9.63. The third-order valence-electron chi connectivity index (χ3n) is 5.87. The Morgan fingerprint density at radius 3 is 2.17 bits per heavy atom. The van der Waals surface area contributed by atoms with Gasteiger partial charge in [0.1, 0.15) is 12.3 Å².